The van der Waals surface area contributed by atoms with Gasteiger partial charge in [0.05, 0.1) is 58.0 Å². The SMILES string of the molecule is CCC1(O)C(=O)OCc2c1cc1n(c2=O)Cc2cc3c(N)cccc3nc2-1.CCC1(O)C(=O)OCc2c1cc1n(c2=O)Cc2cc3ccccc3nc2-1. The predicted octanol–water partition coefficient (Wildman–Crippen LogP) is 3.74. The van der Waals surface area contributed by atoms with Crippen LogP contribution in [0.5, 0.6) is 0 Å². The maximum Gasteiger partial charge on any atom is 0.343 e. The zero-order valence-electron chi connectivity index (χ0n) is 28.8. The van der Waals surface area contributed by atoms with Gasteiger partial charge in [-0.1, -0.05) is 38.1 Å². The highest BCUT2D eigenvalue weighted by Crippen LogP contribution is 2.40. The number of anilines is 1. The Balaban J connectivity index is 0.000000141. The van der Waals surface area contributed by atoms with Crippen molar-refractivity contribution in [3.05, 3.63) is 121 Å². The van der Waals surface area contributed by atoms with E-state index in [1.54, 1.807) is 35.1 Å². The van der Waals surface area contributed by atoms with E-state index in [-0.39, 0.29) is 37.2 Å². The summed E-state index contributed by atoms with van der Waals surface area (Å²) in [6, 6.07) is 20.7. The van der Waals surface area contributed by atoms with E-state index in [2.05, 4.69) is 0 Å². The second-order valence-electron chi connectivity index (χ2n) is 13.8. The minimum Gasteiger partial charge on any atom is -0.458 e. The van der Waals surface area contributed by atoms with E-state index in [0.29, 0.717) is 58.1 Å². The minimum atomic E-state index is -1.81. The van der Waals surface area contributed by atoms with Gasteiger partial charge >= 0.3 is 11.9 Å². The van der Waals surface area contributed by atoms with E-state index < -0.39 is 23.1 Å². The number of aliphatic hydroxyl groups is 2. The van der Waals surface area contributed by atoms with Crippen molar-refractivity contribution >= 4 is 39.4 Å². The first-order valence-electron chi connectivity index (χ1n) is 17.4. The normalized spacial score (nSPS) is 20.3. The number of fused-ring (bicyclic) bond motifs is 10. The molecule has 0 fully saturated rings. The van der Waals surface area contributed by atoms with E-state index >= 15 is 0 Å². The van der Waals surface area contributed by atoms with Crippen molar-refractivity contribution in [3.8, 4) is 22.8 Å². The largest absolute Gasteiger partial charge is 0.458 e. The highest BCUT2D eigenvalue weighted by atomic mass is 16.6. The molecule has 2 aromatic carbocycles. The third kappa shape index (κ3) is 4.57. The number of pyridine rings is 4. The molecule has 0 aliphatic carbocycles. The molecule has 4 aliphatic heterocycles. The number of para-hydroxylation sites is 1. The number of hydrogen-bond acceptors (Lipinski definition) is 11. The number of carbonyl (C=O) groups is 2. The van der Waals surface area contributed by atoms with Gasteiger partial charge in [-0.15, -0.1) is 0 Å². The number of aromatic nitrogens is 4. The lowest BCUT2D eigenvalue weighted by Crippen LogP contribution is -2.44. The van der Waals surface area contributed by atoms with Crippen molar-refractivity contribution in [1.29, 1.82) is 0 Å². The first kappa shape index (κ1) is 32.7. The Labute approximate surface area is 300 Å². The molecule has 0 saturated carbocycles. The Hall–Kier alpha value is -6.18. The molecular formula is C40H33N5O8. The summed E-state index contributed by atoms with van der Waals surface area (Å²) in [4.78, 5) is 59.8. The molecule has 0 spiro atoms. The summed E-state index contributed by atoms with van der Waals surface area (Å²) in [5.74, 6) is -1.43. The number of carbonyl (C=O) groups excluding carboxylic acids is 2. The number of hydrogen-bond donors (Lipinski definition) is 3. The molecule has 2 unspecified atom stereocenters. The number of nitrogen functional groups attached to an aromatic ring is 1. The van der Waals surface area contributed by atoms with E-state index in [1.165, 1.54) is 0 Å². The number of nitrogens with two attached hydrogens (primary N) is 1. The highest BCUT2D eigenvalue weighted by molar-refractivity contribution is 5.93. The van der Waals surface area contributed by atoms with E-state index in [4.69, 9.17) is 25.2 Å². The number of rotatable bonds is 2. The van der Waals surface area contributed by atoms with Crippen LogP contribution < -0.4 is 16.9 Å². The first-order chi connectivity index (χ1) is 25.5. The van der Waals surface area contributed by atoms with Crippen LogP contribution in [0, 0.1) is 0 Å². The summed E-state index contributed by atoms with van der Waals surface area (Å²) < 4.78 is 13.4. The van der Waals surface area contributed by atoms with Gasteiger partial charge in [-0.25, -0.2) is 19.6 Å². The van der Waals surface area contributed by atoms with Crippen molar-refractivity contribution < 1.29 is 29.3 Å². The van der Waals surface area contributed by atoms with Crippen LogP contribution in [0.25, 0.3) is 44.6 Å². The number of benzene rings is 2. The van der Waals surface area contributed by atoms with Gasteiger partial charge in [0.1, 0.15) is 13.2 Å². The summed E-state index contributed by atoms with van der Waals surface area (Å²) >= 11 is 0. The Kier molecular flexibility index (Phi) is 7.04. The number of cyclic esters (lactones) is 2. The lowest BCUT2D eigenvalue weighted by molar-refractivity contribution is -0.172. The van der Waals surface area contributed by atoms with Gasteiger partial charge in [0, 0.05) is 38.7 Å². The van der Waals surface area contributed by atoms with Crippen LogP contribution in [-0.4, -0.2) is 41.3 Å². The summed E-state index contributed by atoms with van der Waals surface area (Å²) in [5, 5.41) is 23.5. The van der Waals surface area contributed by atoms with Crippen molar-refractivity contribution in [1.82, 2.24) is 19.1 Å². The fourth-order valence-electron chi connectivity index (χ4n) is 7.95. The van der Waals surface area contributed by atoms with Crippen LogP contribution >= 0.6 is 0 Å². The minimum absolute atomic E-state index is 0.110. The average molecular weight is 712 g/mol. The first-order valence-corrected chi connectivity index (χ1v) is 17.4. The molecule has 53 heavy (non-hydrogen) atoms. The molecule has 266 valence electrons. The standard InChI is InChI=1S/C20H17N3O4.C20H16N2O4/c1-2-20(26)13-7-16-17-10(6-11-14(21)4-3-5-15(11)22-17)8-23(16)18(24)12(13)9-27-19(20)25;1-2-20(25)14-8-16-17-12(7-11-5-3-4-6-15(11)21-17)9-22(16)18(23)13(14)10-26-19(20)24/h3-7,26H,2,8-9,21H2,1H3;3-8,25H,2,9-10H2,1H3. The van der Waals surface area contributed by atoms with E-state index in [0.717, 1.165) is 38.6 Å². The van der Waals surface area contributed by atoms with Crippen molar-refractivity contribution in [2.45, 2.75) is 64.2 Å². The van der Waals surface area contributed by atoms with Crippen LogP contribution in [0.4, 0.5) is 5.69 Å². The molecule has 13 nitrogen and oxygen atoms in total. The Morgan fingerprint density at radius 1 is 0.698 bits per heavy atom. The third-order valence-electron chi connectivity index (χ3n) is 11.0. The Morgan fingerprint density at radius 2 is 1.21 bits per heavy atom. The highest BCUT2D eigenvalue weighted by Gasteiger charge is 2.46. The number of esters is 2. The van der Waals surface area contributed by atoms with Crippen molar-refractivity contribution in [2.24, 2.45) is 0 Å². The molecule has 4 N–H and O–H groups in total. The van der Waals surface area contributed by atoms with E-state index in [9.17, 15) is 29.4 Å². The van der Waals surface area contributed by atoms with Crippen LogP contribution in [0.2, 0.25) is 0 Å². The fraction of sp³-hybridized carbons (Fsp3) is 0.250. The van der Waals surface area contributed by atoms with Crippen LogP contribution in [0.15, 0.2) is 76.3 Å². The second-order valence-corrected chi connectivity index (χ2v) is 13.8. The zero-order chi connectivity index (χ0) is 37.0. The molecule has 0 bridgehead atoms. The average Bonchev–Trinajstić information content (AvgIpc) is 3.71. The molecule has 6 aromatic rings. The molecular weight excluding hydrogens is 678 g/mol. The lowest BCUT2D eigenvalue weighted by Gasteiger charge is -2.31. The van der Waals surface area contributed by atoms with Crippen LogP contribution in [-0.2, 0) is 56.6 Å². The van der Waals surface area contributed by atoms with Gasteiger partial charge in [-0.3, -0.25) is 9.59 Å². The van der Waals surface area contributed by atoms with Gasteiger partial charge in [0.15, 0.2) is 11.2 Å². The smallest absolute Gasteiger partial charge is 0.343 e. The second kappa shape index (κ2) is 11.4. The topological polar surface area (TPSA) is 189 Å². The Bertz CT molecular complexity index is 2750. The molecule has 8 heterocycles. The van der Waals surface area contributed by atoms with Gasteiger partial charge in [0.25, 0.3) is 11.1 Å². The molecule has 0 radical (unpaired) electrons. The molecule has 4 aliphatic rings. The number of ether oxygens (including phenoxy) is 2. The van der Waals surface area contributed by atoms with Crippen LogP contribution in [0.1, 0.15) is 60.1 Å². The van der Waals surface area contributed by atoms with Crippen molar-refractivity contribution in [2.75, 3.05) is 5.73 Å². The third-order valence-corrected chi connectivity index (χ3v) is 11.0. The molecule has 10 rings (SSSR count). The zero-order valence-corrected chi connectivity index (χ0v) is 28.8. The van der Waals surface area contributed by atoms with Gasteiger partial charge in [-0.05, 0) is 55.3 Å². The summed E-state index contributed by atoms with van der Waals surface area (Å²) in [5.41, 5.74) is 9.94. The molecule has 0 amide bonds. The van der Waals surface area contributed by atoms with E-state index in [1.807, 2.05) is 54.6 Å². The summed E-state index contributed by atoms with van der Waals surface area (Å²) in [6.45, 7) is 3.93. The van der Waals surface area contributed by atoms with Gasteiger partial charge < -0.3 is 34.6 Å². The molecule has 4 aromatic heterocycles. The number of nitrogens with zero attached hydrogens (tertiary/aromatic N) is 4. The summed E-state index contributed by atoms with van der Waals surface area (Å²) in [7, 11) is 0. The quantitative estimate of drug-likeness (QED) is 0.175. The molecule has 13 heteroatoms. The maximum atomic E-state index is 13.1. The maximum absolute atomic E-state index is 13.1. The van der Waals surface area contributed by atoms with Crippen molar-refractivity contribution in [3.63, 3.8) is 0 Å². The Morgan fingerprint density at radius 3 is 1.77 bits per heavy atom. The van der Waals surface area contributed by atoms with Crippen LogP contribution in [0.3, 0.4) is 0 Å². The molecule has 2 atom stereocenters. The van der Waals surface area contributed by atoms with Gasteiger partial charge in [0.2, 0.25) is 0 Å². The lowest BCUT2D eigenvalue weighted by atomic mass is 9.86. The summed E-state index contributed by atoms with van der Waals surface area (Å²) in [6.07, 6.45) is 0.260. The predicted molar refractivity (Wildman–Crippen MR) is 193 cm³/mol. The fourth-order valence-corrected chi connectivity index (χ4v) is 7.95. The monoisotopic (exact) mass is 711 g/mol. The molecule has 0 saturated heterocycles. The van der Waals surface area contributed by atoms with Gasteiger partial charge in [-0.2, -0.15) is 0 Å².